The molecule has 0 N–H and O–H groups in total. The van der Waals surface area contributed by atoms with E-state index in [0.29, 0.717) is 10.7 Å². The van der Waals surface area contributed by atoms with Gasteiger partial charge in [0.1, 0.15) is 0 Å². The van der Waals surface area contributed by atoms with E-state index >= 15 is 0 Å². The number of carbonyl (C=O) groups is 1. The lowest BCUT2D eigenvalue weighted by atomic mass is 10.1. The number of aryl methyl sites for hydroxylation is 2. The maximum Gasteiger partial charge on any atom is 0.335 e. The summed E-state index contributed by atoms with van der Waals surface area (Å²) in [4.78, 5) is 43.3. The molecule has 0 spiro atoms. The molecule has 0 fully saturated rings. The van der Waals surface area contributed by atoms with Gasteiger partial charge >= 0.3 is 17.3 Å². The molecule has 9 heteroatoms. The monoisotopic (exact) mass is 498 g/mol. The van der Waals surface area contributed by atoms with Gasteiger partial charge in [0.2, 0.25) is 5.62 Å². The van der Waals surface area contributed by atoms with Gasteiger partial charge in [-0.3, -0.25) is 13.9 Å². The Kier molecular flexibility index (Phi) is 8.51. The zero-order valence-corrected chi connectivity index (χ0v) is 21.5. The second kappa shape index (κ2) is 11.4. The van der Waals surface area contributed by atoms with Crippen molar-refractivity contribution in [3.8, 4) is 0 Å². The van der Waals surface area contributed by atoms with Crippen LogP contribution in [0.5, 0.6) is 0 Å². The molecule has 0 bridgehead atoms. The lowest BCUT2D eigenvalue weighted by molar-refractivity contribution is -0.145. The first-order chi connectivity index (χ1) is 16.7. The highest BCUT2D eigenvalue weighted by atomic mass is 35.5. The van der Waals surface area contributed by atoms with Crippen LogP contribution >= 0.6 is 11.6 Å². The fraction of sp³-hybridized carbons (Fsp3) is 0.385. The minimum absolute atomic E-state index is 0.107. The third-order valence-corrected chi connectivity index (χ3v) is 6.18. The minimum atomic E-state index is -0.675. The number of hydrogen-bond donors (Lipinski definition) is 0. The summed E-state index contributed by atoms with van der Waals surface area (Å²) in [6.45, 7) is 5.76. The Balaban J connectivity index is 2.23. The summed E-state index contributed by atoms with van der Waals surface area (Å²) in [6.07, 6.45) is 1.81. The third kappa shape index (κ3) is 6.00. The number of halogens is 1. The Hall–Kier alpha value is -3.39. The van der Waals surface area contributed by atoms with E-state index in [2.05, 4.69) is 11.9 Å². The van der Waals surface area contributed by atoms with Crippen LogP contribution in [-0.4, -0.2) is 26.8 Å². The fourth-order valence-electron chi connectivity index (χ4n) is 3.81. The zero-order chi connectivity index (χ0) is 25.7. The highest BCUT2D eigenvalue weighted by Crippen LogP contribution is 2.23. The van der Waals surface area contributed by atoms with E-state index in [1.165, 1.54) is 16.2 Å². The van der Waals surface area contributed by atoms with E-state index in [1.807, 2.05) is 43.3 Å². The molecule has 2 aromatic carbocycles. The molecule has 0 aliphatic carbocycles. The van der Waals surface area contributed by atoms with Crippen LogP contribution in [0, 0.1) is 12.8 Å². The number of esters is 1. The van der Waals surface area contributed by atoms with Gasteiger partial charge in [0.25, 0.3) is 0 Å². The number of carbonyl (C=O) groups excluding carboxylic acids is 1. The average molecular weight is 499 g/mol. The molecule has 1 atom stereocenters. The number of aromatic nitrogens is 3. The Morgan fingerprint density at radius 1 is 1.09 bits per heavy atom. The largest absolute Gasteiger partial charge is 0.469 e. The van der Waals surface area contributed by atoms with E-state index in [9.17, 15) is 14.4 Å². The Morgan fingerprint density at radius 3 is 2.37 bits per heavy atom. The molecule has 0 amide bonds. The second-order valence-electron chi connectivity index (χ2n) is 8.67. The van der Waals surface area contributed by atoms with Crippen molar-refractivity contribution in [3.05, 3.63) is 90.8 Å². The van der Waals surface area contributed by atoms with Gasteiger partial charge in [-0.05, 0) is 36.6 Å². The van der Waals surface area contributed by atoms with Crippen LogP contribution in [0.1, 0.15) is 37.0 Å². The van der Waals surface area contributed by atoms with Crippen LogP contribution in [0.4, 0.5) is 5.69 Å². The molecule has 1 aromatic heterocycles. The third-order valence-electron chi connectivity index (χ3n) is 5.83. The summed E-state index contributed by atoms with van der Waals surface area (Å²) >= 11 is 6.44. The van der Waals surface area contributed by atoms with Crippen LogP contribution < -0.4 is 17.0 Å². The van der Waals surface area contributed by atoms with Crippen LogP contribution in [-0.2, 0) is 36.1 Å². The zero-order valence-electron chi connectivity index (χ0n) is 20.7. The van der Waals surface area contributed by atoms with E-state index in [0.717, 1.165) is 34.1 Å². The quantitative estimate of drug-likeness (QED) is 0.445. The fourth-order valence-corrected chi connectivity index (χ4v) is 4.08. The summed E-state index contributed by atoms with van der Waals surface area (Å²) in [5, 5.41) is 0.587. The number of benzene rings is 2. The molecule has 35 heavy (non-hydrogen) atoms. The molecule has 0 saturated heterocycles. The van der Waals surface area contributed by atoms with Crippen molar-refractivity contribution in [2.75, 3.05) is 7.11 Å². The molecule has 3 rings (SSSR count). The minimum Gasteiger partial charge on any atom is -0.469 e. The maximum atomic E-state index is 13.6. The Bertz CT molecular complexity index is 1400. The van der Waals surface area contributed by atoms with Crippen LogP contribution in [0.15, 0.2) is 57.0 Å². The van der Waals surface area contributed by atoms with Crippen molar-refractivity contribution in [1.82, 2.24) is 13.7 Å². The summed E-state index contributed by atoms with van der Waals surface area (Å²) in [5.41, 5.74) is 2.56. The number of rotatable bonds is 8. The van der Waals surface area contributed by atoms with Crippen molar-refractivity contribution < 1.29 is 9.53 Å². The van der Waals surface area contributed by atoms with Crippen molar-refractivity contribution in [2.24, 2.45) is 18.0 Å². The molecule has 0 aliphatic heterocycles. The van der Waals surface area contributed by atoms with Crippen molar-refractivity contribution >= 4 is 23.3 Å². The first-order valence-corrected chi connectivity index (χ1v) is 11.9. The first kappa shape index (κ1) is 26.2. The van der Waals surface area contributed by atoms with Gasteiger partial charge in [0.05, 0.1) is 25.3 Å². The Labute approximate surface area is 209 Å². The first-order valence-electron chi connectivity index (χ1n) is 11.5. The number of methoxy groups -OCH3 is 1. The normalized spacial score (nSPS) is 12.6. The van der Waals surface area contributed by atoms with Gasteiger partial charge in [-0.15, -0.1) is 0 Å². The van der Waals surface area contributed by atoms with Crippen molar-refractivity contribution in [3.63, 3.8) is 0 Å². The molecule has 0 radical (unpaired) electrons. The van der Waals surface area contributed by atoms with Crippen molar-refractivity contribution in [1.29, 1.82) is 0 Å². The van der Waals surface area contributed by atoms with Crippen molar-refractivity contribution in [2.45, 2.75) is 46.7 Å². The predicted molar refractivity (Wildman–Crippen MR) is 136 cm³/mol. The highest BCUT2D eigenvalue weighted by Gasteiger charge is 2.19. The summed E-state index contributed by atoms with van der Waals surface area (Å²) in [7, 11) is 2.83. The van der Waals surface area contributed by atoms with Gasteiger partial charge in [-0.25, -0.2) is 19.1 Å². The van der Waals surface area contributed by atoms with Gasteiger partial charge in [-0.1, -0.05) is 67.8 Å². The Morgan fingerprint density at radius 2 is 1.77 bits per heavy atom. The standard InChI is InChI=1S/C26H31ClN4O4/c1-6-7-20-12-13-21(14-22(20)27)28-24-29(4)25(33)31(15-18(3)23(32)35-5)26(34)30(24)16-19-10-8-17(2)9-11-19/h8-14,18H,6-7,15-16H2,1-5H3/t18-/m0/s1. The smallest absolute Gasteiger partial charge is 0.335 e. The topological polar surface area (TPSA) is 87.6 Å². The van der Waals surface area contributed by atoms with Gasteiger partial charge < -0.3 is 4.74 Å². The van der Waals surface area contributed by atoms with E-state index in [1.54, 1.807) is 20.0 Å². The molecule has 1 heterocycles. The van der Waals surface area contributed by atoms with Gasteiger partial charge in [0.15, 0.2) is 0 Å². The lowest BCUT2D eigenvalue weighted by Gasteiger charge is -2.16. The van der Waals surface area contributed by atoms with Gasteiger partial charge in [0, 0.05) is 18.6 Å². The second-order valence-corrected chi connectivity index (χ2v) is 9.08. The van der Waals surface area contributed by atoms with E-state index in [4.69, 9.17) is 16.3 Å². The average Bonchev–Trinajstić information content (AvgIpc) is 2.84. The van der Waals surface area contributed by atoms with Crippen LogP contribution in [0.25, 0.3) is 0 Å². The van der Waals surface area contributed by atoms with Crippen LogP contribution in [0.2, 0.25) is 5.02 Å². The molecule has 3 aromatic rings. The predicted octanol–water partition coefficient (Wildman–Crippen LogP) is 3.35. The molecule has 8 nitrogen and oxygen atoms in total. The molecule has 0 unspecified atom stereocenters. The number of nitrogens with zero attached hydrogens (tertiary/aromatic N) is 4. The van der Waals surface area contributed by atoms with E-state index in [-0.39, 0.29) is 18.7 Å². The van der Waals surface area contributed by atoms with E-state index < -0.39 is 23.3 Å². The van der Waals surface area contributed by atoms with Gasteiger partial charge in [-0.2, -0.15) is 0 Å². The molecular formula is C26H31ClN4O4. The number of ether oxygens (including phenoxy) is 1. The summed E-state index contributed by atoms with van der Waals surface area (Å²) < 4.78 is 8.57. The number of hydrogen-bond acceptors (Lipinski definition) is 5. The highest BCUT2D eigenvalue weighted by molar-refractivity contribution is 6.31. The summed E-state index contributed by atoms with van der Waals surface area (Å²) in [5.74, 6) is -1.18. The van der Waals surface area contributed by atoms with Crippen LogP contribution in [0.3, 0.4) is 0 Å². The SMILES string of the molecule is CCCc1ccc(N=c2n(C)c(=O)n(C[C@H](C)C(=O)OC)c(=O)n2Cc2ccc(C)cc2)cc1Cl. The summed E-state index contributed by atoms with van der Waals surface area (Å²) in [6, 6.07) is 13.2. The molecule has 186 valence electrons. The lowest BCUT2D eigenvalue weighted by Crippen LogP contribution is -2.55. The molecule has 0 saturated carbocycles. The maximum absolute atomic E-state index is 13.6. The molecular weight excluding hydrogens is 468 g/mol. The molecule has 0 aliphatic rings.